The molecule has 4 rings (SSSR count). The summed E-state index contributed by atoms with van der Waals surface area (Å²) < 4.78 is 35.6. The molecule has 3 aromatic rings. The van der Waals surface area contributed by atoms with Gasteiger partial charge in [-0.15, -0.1) is 0 Å². The van der Waals surface area contributed by atoms with E-state index in [9.17, 15) is 4.39 Å². The van der Waals surface area contributed by atoms with Crippen LogP contribution in [0, 0.1) is 5.82 Å². The SMILES string of the molecule is COc1cc(CNc2ccc3c(c2)OCO3)ccc1OCc1ccccc1F. The van der Waals surface area contributed by atoms with Crippen LogP contribution in [0.2, 0.25) is 0 Å². The molecule has 1 heterocycles. The van der Waals surface area contributed by atoms with Gasteiger partial charge in [-0.05, 0) is 35.9 Å². The molecular weight excluding hydrogens is 361 g/mol. The molecule has 0 radical (unpaired) electrons. The predicted molar refractivity (Wildman–Crippen MR) is 104 cm³/mol. The molecule has 0 aromatic heterocycles. The molecule has 5 nitrogen and oxygen atoms in total. The van der Waals surface area contributed by atoms with E-state index in [2.05, 4.69) is 5.32 Å². The van der Waals surface area contributed by atoms with Crippen molar-refractivity contribution in [3.63, 3.8) is 0 Å². The first-order valence-electron chi connectivity index (χ1n) is 8.89. The number of benzene rings is 3. The fourth-order valence-corrected chi connectivity index (χ4v) is 2.92. The summed E-state index contributed by atoms with van der Waals surface area (Å²) in [6.07, 6.45) is 0. The lowest BCUT2D eigenvalue weighted by atomic mass is 10.2. The number of nitrogens with one attached hydrogen (secondary N) is 1. The molecule has 0 saturated heterocycles. The van der Waals surface area contributed by atoms with Crippen LogP contribution < -0.4 is 24.3 Å². The summed E-state index contributed by atoms with van der Waals surface area (Å²) in [6.45, 7) is 0.992. The lowest BCUT2D eigenvalue weighted by Crippen LogP contribution is -2.02. The fraction of sp³-hybridized carbons (Fsp3) is 0.182. The van der Waals surface area contributed by atoms with Gasteiger partial charge in [0.15, 0.2) is 23.0 Å². The number of hydrogen-bond acceptors (Lipinski definition) is 5. The van der Waals surface area contributed by atoms with Gasteiger partial charge in [-0.2, -0.15) is 0 Å². The molecule has 0 fully saturated rings. The first kappa shape index (κ1) is 18.0. The van der Waals surface area contributed by atoms with Crippen LogP contribution in [0.4, 0.5) is 10.1 Å². The van der Waals surface area contributed by atoms with E-state index in [1.54, 1.807) is 25.3 Å². The minimum absolute atomic E-state index is 0.137. The van der Waals surface area contributed by atoms with E-state index >= 15 is 0 Å². The van der Waals surface area contributed by atoms with E-state index in [1.165, 1.54) is 6.07 Å². The van der Waals surface area contributed by atoms with Crippen LogP contribution in [-0.2, 0) is 13.2 Å². The second-order valence-electron chi connectivity index (χ2n) is 6.29. The van der Waals surface area contributed by atoms with Gasteiger partial charge in [0.2, 0.25) is 6.79 Å². The number of rotatable bonds is 7. The third-order valence-corrected chi connectivity index (χ3v) is 4.44. The van der Waals surface area contributed by atoms with Gasteiger partial charge in [0.1, 0.15) is 12.4 Å². The van der Waals surface area contributed by atoms with Crippen LogP contribution >= 0.6 is 0 Å². The van der Waals surface area contributed by atoms with Crippen molar-refractivity contribution in [1.82, 2.24) is 0 Å². The first-order chi connectivity index (χ1) is 13.7. The second-order valence-corrected chi connectivity index (χ2v) is 6.29. The van der Waals surface area contributed by atoms with Crippen molar-refractivity contribution in [2.24, 2.45) is 0 Å². The average Bonchev–Trinajstić information content (AvgIpc) is 3.20. The van der Waals surface area contributed by atoms with Crippen LogP contribution in [0.25, 0.3) is 0 Å². The molecule has 1 aliphatic rings. The Morgan fingerprint density at radius 2 is 1.82 bits per heavy atom. The highest BCUT2D eigenvalue weighted by molar-refractivity contribution is 5.56. The lowest BCUT2D eigenvalue weighted by Gasteiger charge is -2.13. The van der Waals surface area contributed by atoms with E-state index < -0.39 is 0 Å². The number of hydrogen-bond donors (Lipinski definition) is 1. The van der Waals surface area contributed by atoms with Crippen LogP contribution in [0.3, 0.4) is 0 Å². The molecule has 0 atom stereocenters. The first-order valence-corrected chi connectivity index (χ1v) is 8.89. The number of anilines is 1. The van der Waals surface area contributed by atoms with Crippen molar-refractivity contribution in [1.29, 1.82) is 0 Å². The third-order valence-electron chi connectivity index (χ3n) is 4.44. The van der Waals surface area contributed by atoms with Gasteiger partial charge in [-0.3, -0.25) is 0 Å². The van der Waals surface area contributed by atoms with Gasteiger partial charge in [-0.25, -0.2) is 4.39 Å². The predicted octanol–water partition coefficient (Wildman–Crippen LogP) is 4.75. The maximum atomic E-state index is 13.7. The normalized spacial score (nSPS) is 11.9. The summed E-state index contributed by atoms with van der Waals surface area (Å²) in [4.78, 5) is 0. The third kappa shape index (κ3) is 3.96. The molecule has 144 valence electrons. The monoisotopic (exact) mass is 381 g/mol. The quantitative estimate of drug-likeness (QED) is 0.640. The summed E-state index contributed by atoms with van der Waals surface area (Å²) in [7, 11) is 1.58. The van der Waals surface area contributed by atoms with E-state index in [4.69, 9.17) is 18.9 Å². The van der Waals surface area contributed by atoms with Gasteiger partial charge in [0.05, 0.1) is 7.11 Å². The Balaban J connectivity index is 1.41. The Bertz CT molecular complexity index is 977. The molecule has 28 heavy (non-hydrogen) atoms. The zero-order chi connectivity index (χ0) is 19.3. The van der Waals surface area contributed by atoms with Gasteiger partial charge in [0, 0.05) is 23.9 Å². The summed E-state index contributed by atoms with van der Waals surface area (Å²) in [5.74, 6) is 2.37. The molecule has 0 saturated carbocycles. The minimum Gasteiger partial charge on any atom is -0.493 e. The largest absolute Gasteiger partial charge is 0.493 e. The molecule has 1 aliphatic heterocycles. The van der Waals surface area contributed by atoms with Crippen LogP contribution in [0.1, 0.15) is 11.1 Å². The van der Waals surface area contributed by atoms with Crippen molar-refractivity contribution >= 4 is 5.69 Å². The van der Waals surface area contributed by atoms with Crippen LogP contribution in [0.15, 0.2) is 60.7 Å². The molecular formula is C22H20FNO4. The highest BCUT2D eigenvalue weighted by Gasteiger charge is 2.13. The van der Waals surface area contributed by atoms with Gasteiger partial charge < -0.3 is 24.3 Å². The summed E-state index contributed by atoms with van der Waals surface area (Å²) >= 11 is 0. The van der Waals surface area contributed by atoms with E-state index in [0.717, 1.165) is 22.7 Å². The Morgan fingerprint density at radius 1 is 0.964 bits per heavy atom. The molecule has 6 heteroatoms. The maximum absolute atomic E-state index is 13.7. The number of fused-ring (bicyclic) bond motifs is 1. The molecule has 3 aromatic carbocycles. The lowest BCUT2D eigenvalue weighted by molar-refractivity contribution is 0.174. The highest BCUT2D eigenvalue weighted by Crippen LogP contribution is 2.34. The maximum Gasteiger partial charge on any atom is 0.231 e. The number of halogens is 1. The summed E-state index contributed by atoms with van der Waals surface area (Å²) in [6, 6.07) is 18.0. The number of ether oxygens (including phenoxy) is 4. The van der Waals surface area contributed by atoms with E-state index in [0.29, 0.717) is 23.6 Å². The molecule has 0 spiro atoms. The molecule has 0 bridgehead atoms. The van der Waals surface area contributed by atoms with E-state index in [1.807, 2.05) is 36.4 Å². The van der Waals surface area contributed by atoms with Crippen molar-refractivity contribution in [3.8, 4) is 23.0 Å². The molecule has 1 N–H and O–H groups in total. The molecule has 0 amide bonds. The molecule has 0 aliphatic carbocycles. The number of methoxy groups -OCH3 is 1. The summed E-state index contributed by atoms with van der Waals surface area (Å²) in [5.41, 5.74) is 2.45. The summed E-state index contributed by atoms with van der Waals surface area (Å²) in [5, 5.41) is 3.35. The Hall–Kier alpha value is -3.41. The van der Waals surface area contributed by atoms with Crippen molar-refractivity contribution < 1.29 is 23.3 Å². The van der Waals surface area contributed by atoms with Crippen molar-refractivity contribution in [3.05, 3.63) is 77.6 Å². The fourth-order valence-electron chi connectivity index (χ4n) is 2.92. The Labute approximate surface area is 162 Å². The van der Waals surface area contributed by atoms with Gasteiger partial charge >= 0.3 is 0 Å². The molecule has 0 unspecified atom stereocenters. The van der Waals surface area contributed by atoms with Crippen LogP contribution in [-0.4, -0.2) is 13.9 Å². The zero-order valence-electron chi connectivity index (χ0n) is 15.4. The topological polar surface area (TPSA) is 49.0 Å². The minimum atomic E-state index is -0.286. The van der Waals surface area contributed by atoms with Crippen molar-refractivity contribution in [2.45, 2.75) is 13.2 Å². The highest BCUT2D eigenvalue weighted by atomic mass is 19.1. The average molecular weight is 381 g/mol. The van der Waals surface area contributed by atoms with Gasteiger partial charge in [0.25, 0.3) is 0 Å². The smallest absolute Gasteiger partial charge is 0.231 e. The Kier molecular flexibility index (Phi) is 5.19. The zero-order valence-corrected chi connectivity index (χ0v) is 15.4. The second kappa shape index (κ2) is 8.08. The van der Waals surface area contributed by atoms with E-state index in [-0.39, 0.29) is 19.2 Å². The Morgan fingerprint density at radius 3 is 2.68 bits per heavy atom. The van der Waals surface area contributed by atoms with Crippen molar-refractivity contribution in [2.75, 3.05) is 19.2 Å². The van der Waals surface area contributed by atoms with Gasteiger partial charge in [-0.1, -0.05) is 24.3 Å². The van der Waals surface area contributed by atoms with Crippen LogP contribution in [0.5, 0.6) is 23.0 Å². The standard InChI is InChI=1S/C22H20FNO4/c1-25-21-10-15(12-24-17-7-9-20-22(11-17)28-14-27-20)6-8-19(21)26-13-16-4-2-3-5-18(16)23/h2-11,24H,12-14H2,1H3.